The van der Waals surface area contributed by atoms with Crippen LogP contribution in [0.25, 0.3) is 22.0 Å². The number of fused-ring (bicyclic) bond motifs is 1. The van der Waals surface area contributed by atoms with Crippen molar-refractivity contribution < 1.29 is 0 Å². The van der Waals surface area contributed by atoms with Crippen molar-refractivity contribution in [2.75, 3.05) is 5.73 Å². The van der Waals surface area contributed by atoms with Gasteiger partial charge in [0.15, 0.2) is 0 Å². The third-order valence-corrected chi connectivity index (χ3v) is 4.03. The maximum absolute atomic E-state index is 6.01. The Morgan fingerprint density at radius 3 is 2.35 bits per heavy atom. The van der Waals surface area contributed by atoms with Crippen LogP contribution in [0.4, 0.5) is 5.82 Å². The molecule has 6 heteroatoms. The van der Waals surface area contributed by atoms with Gasteiger partial charge in [-0.05, 0) is 41.4 Å². The summed E-state index contributed by atoms with van der Waals surface area (Å²) >= 11 is 15.3. The molecule has 0 saturated carbocycles. The second-order valence-corrected chi connectivity index (χ2v) is 5.83. The molecule has 20 heavy (non-hydrogen) atoms. The predicted molar refractivity (Wildman–Crippen MR) is 87.1 cm³/mol. The highest BCUT2D eigenvalue weighted by Crippen LogP contribution is 2.37. The van der Waals surface area contributed by atoms with Gasteiger partial charge in [-0.1, -0.05) is 39.7 Å². The van der Waals surface area contributed by atoms with Crippen molar-refractivity contribution >= 4 is 55.9 Å². The van der Waals surface area contributed by atoms with Crippen molar-refractivity contribution in [3.8, 4) is 11.1 Å². The van der Waals surface area contributed by atoms with Gasteiger partial charge >= 0.3 is 0 Å². The fourth-order valence-electron chi connectivity index (χ4n) is 2.10. The van der Waals surface area contributed by atoms with Gasteiger partial charge in [-0.2, -0.15) is 0 Å². The quantitative estimate of drug-likeness (QED) is 0.618. The summed E-state index contributed by atoms with van der Waals surface area (Å²) < 4.78 is 0.907. The summed E-state index contributed by atoms with van der Waals surface area (Å²) in [5, 5.41) is 1.59. The minimum absolute atomic E-state index is 0.138. The van der Waals surface area contributed by atoms with Crippen LogP contribution in [0.5, 0.6) is 0 Å². The summed E-state index contributed by atoms with van der Waals surface area (Å²) in [5.41, 5.74) is 8.62. The molecule has 2 N–H and O–H groups in total. The Balaban J connectivity index is 2.39. The van der Waals surface area contributed by atoms with E-state index in [0.29, 0.717) is 16.4 Å². The topological polar surface area (TPSA) is 51.8 Å². The molecule has 2 aromatic carbocycles. The third-order valence-electron chi connectivity index (χ3n) is 2.95. The average molecular weight is 369 g/mol. The second-order valence-electron chi connectivity index (χ2n) is 4.20. The lowest BCUT2D eigenvalue weighted by Crippen LogP contribution is -1.97. The van der Waals surface area contributed by atoms with Gasteiger partial charge in [0.25, 0.3) is 0 Å². The molecule has 0 fully saturated rings. The van der Waals surface area contributed by atoms with Crippen LogP contribution in [0.3, 0.4) is 0 Å². The Bertz CT molecular complexity index is 804. The van der Waals surface area contributed by atoms with Crippen molar-refractivity contribution in [3.05, 3.63) is 51.2 Å². The van der Waals surface area contributed by atoms with Gasteiger partial charge in [-0.15, -0.1) is 0 Å². The van der Waals surface area contributed by atoms with Crippen LogP contribution in [0, 0.1) is 0 Å². The molecule has 3 aromatic rings. The molecular weight excluding hydrogens is 361 g/mol. The molecule has 0 aliphatic heterocycles. The summed E-state index contributed by atoms with van der Waals surface area (Å²) in [7, 11) is 0. The lowest BCUT2D eigenvalue weighted by molar-refractivity contribution is 1.23. The van der Waals surface area contributed by atoms with Crippen LogP contribution in [0.1, 0.15) is 0 Å². The van der Waals surface area contributed by atoms with Crippen LogP contribution < -0.4 is 5.73 Å². The molecule has 0 saturated heterocycles. The van der Waals surface area contributed by atoms with Crippen LogP contribution in [-0.4, -0.2) is 9.97 Å². The van der Waals surface area contributed by atoms with Gasteiger partial charge in [0.1, 0.15) is 5.82 Å². The Morgan fingerprint density at radius 1 is 0.950 bits per heavy atom. The third kappa shape index (κ3) is 2.35. The number of aromatic nitrogens is 2. The molecule has 0 aliphatic carbocycles. The SMILES string of the molecule is Nc1nc(Cl)nc2ccc(Br)c(-c3ccc(Cl)cc3)c12. The Morgan fingerprint density at radius 2 is 1.65 bits per heavy atom. The highest BCUT2D eigenvalue weighted by atomic mass is 79.9. The molecule has 100 valence electrons. The zero-order chi connectivity index (χ0) is 14.3. The first-order valence-electron chi connectivity index (χ1n) is 5.73. The normalized spacial score (nSPS) is 10.9. The van der Waals surface area contributed by atoms with Crippen molar-refractivity contribution in [2.45, 2.75) is 0 Å². The van der Waals surface area contributed by atoms with Crippen LogP contribution >= 0.6 is 39.1 Å². The van der Waals surface area contributed by atoms with Crippen LogP contribution in [0.2, 0.25) is 10.3 Å². The van der Waals surface area contributed by atoms with Crippen molar-refractivity contribution in [1.29, 1.82) is 0 Å². The second kappa shape index (κ2) is 5.20. The maximum Gasteiger partial charge on any atom is 0.224 e. The zero-order valence-corrected chi connectivity index (χ0v) is 13.2. The van der Waals surface area contributed by atoms with Gasteiger partial charge in [0.05, 0.1) is 10.9 Å². The standard InChI is InChI=1S/C14H8BrCl2N3/c15-9-5-6-10-12(13(18)20-14(17)19-10)11(9)7-1-3-8(16)4-2-7/h1-6H,(H2,18,19,20). The van der Waals surface area contributed by atoms with E-state index >= 15 is 0 Å². The number of rotatable bonds is 1. The van der Waals surface area contributed by atoms with Gasteiger partial charge in [0, 0.05) is 15.1 Å². The van der Waals surface area contributed by atoms with E-state index in [4.69, 9.17) is 28.9 Å². The van der Waals surface area contributed by atoms with E-state index in [1.807, 2.05) is 36.4 Å². The van der Waals surface area contributed by atoms with E-state index in [-0.39, 0.29) is 5.28 Å². The molecule has 0 bridgehead atoms. The molecular formula is C14H8BrCl2N3. The molecule has 0 unspecified atom stereocenters. The molecule has 3 nitrogen and oxygen atoms in total. The fraction of sp³-hybridized carbons (Fsp3) is 0. The number of benzene rings is 2. The molecule has 0 spiro atoms. The minimum Gasteiger partial charge on any atom is -0.383 e. The number of hydrogen-bond acceptors (Lipinski definition) is 3. The minimum atomic E-state index is 0.138. The zero-order valence-electron chi connectivity index (χ0n) is 10.1. The van der Waals surface area contributed by atoms with Gasteiger partial charge < -0.3 is 5.73 Å². The van der Waals surface area contributed by atoms with Crippen LogP contribution in [-0.2, 0) is 0 Å². The summed E-state index contributed by atoms with van der Waals surface area (Å²) in [6, 6.07) is 11.3. The number of nitrogens with zero attached hydrogens (tertiary/aromatic N) is 2. The monoisotopic (exact) mass is 367 g/mol. The molecule has 0 radical (unpaired) electrons. The van der Waals surface area contributed by atoms with Gasteiger partial charge in [0.2, 0.25) is 5.28 Å². The lowest BCUT2D eigenvalue weighted by Gasteiger charge is -2.11. The van der Waals surface area contributed by atoms with Gasteiger partial charge in [-0.25, -0.2) is 9.97 Å². The fourth-order valence-corrected chi connectivity index (χ4v) is 2.96. The van der Waals surface area contributed by atoms with Crippen molar-refractivity contribution in [3.63, 3.8) is 0 Å². The number of anilines is 1. The number of hydrogen-bond donors (Lipinski definition) is 1. The Kier molecular flexibility index (Phi) is 3.54. The van der Waals surface area contributed by atoms with Crippen molar-refractivity contribution in [1.82, 2.24) is 9.97 Å². The Labute approximate surface area is 133 Å². The van der Waals surface area contributed by atoms with Crippen LogP contribution in [0.15, 0.2) is 40.9 Å². The van der Waals surface area contributed by atoms with E-state index in [1.165, 1.54) is 0 Å². The predicted octanol–water partition coefficient (Wildman–Crippen LogP) is 4.95. The summed E-state index contributed by atoms with van der Waals surface area (Å²) in [5.74, 6) is 0.353. The number of nitrogen functional groups attached to an aromatic ring is 1. The first-order chi connectivity index (χ1) is 9.56. The van der Waals surface area contributed by atoms with E-state index in [1.54, 1.807) is 0 Å². The molecule has 0 atom stereocenters. The average Bonchev–Trinajstić information content (AvgIpc) is 2.40. The summed E-state index contributed by atoms with van der Waals surface area (Å²) in [6.45, 7) is 0. The summed E-state index contributed by atoms with van der Waals surface area (Å²) in [4.78, 5) is 8.24. The van der Waals surface area contributed by atoms with E-state index in [2.05, 4.69) is 25.9 Å². The number of nitrogens with two attached hydrogens (primary N) is 1. The molecule has 1 aromatic heterocycles. The molecule has 3 rings (SSSR count). The van der Waals surface area contributed by atoms with E-state index in [9.17, 15) is 0 Å². The van der Waals surface area contributed by atoms with E-state index < -0.39 is 0 Å². The summed E-state index contributed by atoms with van der Waals surface area (Å²) in [6.07, 6.45) is 0. The highest BCUT2D eigenvalue weighted by Gasteiger charge is 2.13. The van der Waals surface area contributed by atoms with Gasteiger partial charge in [-0.3, -0.25) is 0 Å². The van der Waals surface area contributed by atoms with Crippen molar-refractivity contribution in [2.24, 2.45) is 0 Å². The smallest absolute Gasteiger partial charge is 0.224 e. The molecule has 0 amide bonds. The Hall–Kier alpha value is -1.36. The molecule has 1 heterocycles. The van der Waals surface area contributed by atoms with E-state index in [0.717, 1.165) is 21.0 Å². The lowest BCUT2D eigenvalue weighted by atomic mass is 10.0. The highest BCUT2D eigenvalue weighted by molar-refractivity contribution is 9.10. The maximum atomic E-state index is 6.01. The molecule has 0 aliphatic rings. The first kappa shape index (κ1) is 13.6. The largest absolute Gasteiger partial charge is 0.383 e. The number of halogens is 3. The first-order valence-corrected chi connectivity index (χ1v) is 7.28.